The molecule has 0 aliphatic carbocycles. The number of hydrogen-bond acceptors (Lipinski definition) is 2. The van der Waals surface area contributed by atoms with E-state index in [1.165, 1.54) is 0 Å². The second-order valence-corrected chi connectivity index (χ2v) is 5.97. The quantitative estimate of drug-likeness (QED) is 0.926. The number of aryl methyl sites for hydroxylation is 2. The van der Waals surface area contributed by atoms with Crippen LogP contribution in [0, 0.1) is 19.8 Å². The van der Waals surface area contributed by atoms with Crippen LogP contribution in [0.15, 0.2) is 18.2 Å². The van der Waals surface area contributed by atoms with Crippen LogP contribution in [0.25, 0.3) is 0 Å². The monoisotopic (exact) mass is 289 g/mol. The molecule has 1 fully saturated rings. The minimum Gasteiger partial charge on any atom is -0.481 e. The number of carboxylic acids is 1. The molecule has 1 aliphatic rings. The molecule has 1 amide bonds. The Hall–Kier alpha value is -1.84. The highest BCUT2D eigenvalue weighted by atomic mass is 16.4. The number of rotatable bonds is 4. The predicted molar refractivity (Wildman–Crippen MR) is 81.2 cm³/mol. The maximum Gasteiger partial charge on any atom is 0.303 e. The fraction of sp³-hybridized carbons (Fsp3) is 0.529. The second kappa shape index (κ2) is 6.74. The fourth-order valence-corrected chi connectivity index (χ4v) is 3.02. The number of hydrogen-bond donors (Lipinski definition) is 1. The zero-order valence-corrected chi connectivity index (χ0v) is 12.8. The highest BCUT2D eigenvalue weighted by molar-refractivity contribution is 5.79. The van der Waals surface area contributed by atoms with E-state index in [0.29, 0.717) is 19.5 Å². The molecule has 1 saturated heterocycles. The highest BCUT2D eigenvalue weighted by Gasteiger charge is 2.24. The largest absolute Gasteiger partial charge is 0.481 e. The molecule has 4 nitrogen and oxygen atoms in total. The van der Waals surface area contributed by atoms with Crippen LogP contribution < -0.4 is 0 Å². The molecule has 1 N–H and O–H groups in total. The van der Waals surface area contributed by atoms with Crippen LogP contribution in [0.3, 0.4) is 0 Å². The minimum atomic E-state index is -0.740. The lowest BCUT2D eigenvalue weighted by atomic mass is 9.93. The van der Waals surface area contributed by atoms with Crippen LogP contribution in [0.1, 0.15) is 36.0 Å². The standard InChI is InChI=1S/C17H23NO3/c1-12-4-3-5-13(2)15(12)11-16(19)18-8-6-14(7-9-18)10-17(20)21/h3-5,14H,6-11H2,1-2H3,(H,20,21). The van der Waals surface area contributed by atoms with Crippen molar-refractivity contribution in [3.63, 3.8) is 0 Å². The lowest BCUT2D eigenvalue weighted by Crippen LogP contribution is -2.39. The SMILES string of the molecule is Cc1cccc(C)c1CC(=O)N1CCC(CC(=O)O)CC1. The molecular formula is C17H23NO3. The Morgan fingerprint density at radius 2 is 1.76 bits per heavy atom. The van der Waals surface area contributed by atoms with Gasteiger partial charge < -0.3 is 10.0 Å². The molecular weight excluding hydrogens is 266 g/mol. The number of amides is 1. The van der Waals surface area contributed by atoms with Gasteiger partial charge in [0.25, 0.3) is 0 Å². The molecule has 0 unspecified atom stereocenters. The van der Waals surface area contributed by atoms with Gasteiger partial charge in [-0.25, -0.2) is 0 Å². The molecule has 0 aromatic heterocycles. The third kappa shape index (κ3) is 4.06. The molecule has 0 atom stereocenters. The zero-order valence-electron chi connectivity index (χ0n) is 12.8. The van der Waals surface area contributed by atoms with Gasteiger partial charge in [0, 0.05) is 19.5 Å². The van der Waals surface area contributed by atoms with Crippen molar-refractivity contribution in [3.05, 3.63) is 34.9 Å². The molecule has 1 aromatic rings. The molecule has 0 saturated carbocycles. The molecule has 0 radical (unpaired) electrons. The van der Waals surface area contributed by atoms with E-state index in [1.807, 2.05) is 36.9 Å². The molecule has 1 heterocycles. The van der Waals surface area contributed by atoms with Gasteiger partial charge in [0.05, 0.1) is 6.42 Å². The Labute approximate surface area is 125 Å². The molecule has 114 valence electrons. The molecule has 21 heavy (non-hydrogen) atoms. The Kier molecular flexibility index (Phi) is 4.99. The Morgan fingerprint density at radius 1 is 1.19 bits per heavy atom. The van der Waals surface area contributed by atoms with Crippen molar-refractivity contribution in [1.82, 2.24) is 4.90 Å². The van der Waals surface area contributed by atoms with Gasteiger partial charge in [-0.05, 0) is 49.3 Å². The third-order valence-electron chi connectivity index (χ3n) is 4.40. The maximum atomic E-state index is 12.4. The summed E-state index contributed by atoms with van der Waals surface area (Å²) in [6.07, 6.45) is 2.26. The van der Waals surface area contributed by atoms with Crippen LogP contribution >= 0.6 is 0 Å². The van der Waals surface area contributed by atoms with E-state index in [2.05, 4.69) is 0 Å². The summed E-state index contributed by atoms with van der Waals surface area (Å²) in [7, 11) is 0. The van der Waals surface area contributed by atoms with Crippen LogP contribution in [-0.2, 0) is 16.0 Å². The number of aliphatic carboxylic acids is 1. The zero-order chi connectivity index (χ0) is 15.4. The predicted octanol–water partition coefficient (Wildman–Crippen LogP) is 2.56. The second-order valence-electron chi connectivity index (χ2n) is 5.97. The first-order valence-corrected chi connectivity index (χ1v) is 7.52. The average Bonchev–Trinajstić information content (AvgIpc) is 2.43. The van der Waals surface area contributed by atoms with Gasteiger partial charge in [0.2, 0.25) is 5.91 Å². The fourth-order valence-electron chi connectivity index (χ4n) is 3.02. The normalized spacial score (nSPS) is 16.0. The molecule has 0 bridgehead atoms. The molecule has 2 rings (SSSR count). The van der Waals surface area contributed by atoms with E-state index >= 15 is 0 Å². The third-order valence-corrected chi connectivity index (χ3v) is 4.40. The van der Waals surface area contributed by atoms with Crippen LogP contribution in [0.2, 0.25) is 0 Å². The first-order valence-electron chi connectivity index (χ1n) is 7.52. The summed E-state index contributed by atoms with van der Waals surface area (Å²) < 4.78 is 0. The maximum absolute atomic E-state index is 12.4. The Balaban J connectivity index is 1.92. The van der Waals surface area contributed by atoms with Crippen molar-refractivity contribution in [3.8, 4) is 0 Å². The summed E-state index contributed by atoms with van der Waals surface area (Å²) in [6, 6.07) is 6.08. The Morgan fingerprint density at radius 3 is 2.29 bits per heavy atom. The topological polar surface area (TPSA) is 57.6 Å². The lowest BCUT2D eigenvalue weighted by Gasteiger charge is -2.31. The summed E-state index contributed by atoms with van der Waals surface area (Å²) in [5.41, 5.74) is 3.43. The first kappa shape index (κ1) is 15.5. The number of nitrogens with zero attached hydrogens (tertiary/aromatic N) is 1. The smallest absolute Gasteiger partial charge is 0.303 e. The van der Waals surface area contributed by atoms with E-state index in [9.17, 15) is 9.59 Å². The van der Waals surface area contributed by atoms with E-state index in [0.717, 1.165) is 29.5 Å². The van der Waals surface area contributed by atoms with Gasteiger partial charge in [-0.1, -0.05) is 18.2 Å². The van der Waals surface area contributed by atoms with Gasteiger partial charge >= 0.3 is 5.97 Å². The highest BCUT2D eigenvalue weighted by Crippen LogP contribution is 2.22. The van der Waals surface area contributed by atoms with Gasteiger partial charge in [-0.3, -0.25) is 9.59 Å². The van der Waals surface area contributed by atoms with Gasteiger partial charge in [0.1, 0.15) is 0 Å². The summed E-state index contributed by atoms with van der Waals surface area (Å²) in [5, 5.41) is 8.82. The van der Waals surface area contributed by atoms with Crippen molar-refractivity contribution in [2.45, 2.75) is 39.5 Å². The van der Waals surface area contributed by atoms with Crippen molar-refractivity contribution >= 4 is 11.9 Å². The van der Waals surface area contributed by atoms with Crippen molar-refractivity contribution < 1.29 is 14.7 Å². The van der Waals surface area contributed by atoms with Crippen LogP contribution in [0.5, 0.6) is 0 Å². The average molecular weight is 289 g/mol. The van der Waals surface area contributed by atoms with E-state index in [-0.39, 0.29) is 18.2 Å². The number of carboxylic acid groups (broad SMARTS) is 1. The van der Waals surface area contributed by atoms with Crippen molar-refractivity contribution in [2.24, 2.45) is 5.92 Å². The summed E-state index contributed by atoms with van der Waals surface area (Å²) in [4.78, 5) is 25.0. The number of carbonyl (C=O) groups is 2. The molecule has 0 spiro atoms. The molecule has 4 heteroatoms. The number of benzene rings is 1. The summed E-state index contributed by atoms with van der Waals surface area (Å²) in [5.74, 6) is -0.372. The summed E-state index contributed by atoms with van der Waals surface area (Å²) in [6.45, 7) is 5.44. The summed E-state index contributed by atoms with van der Waals surface area (Å²) >= 11 is 0. The Bertz CT molecular complexity index is 511. The van der Waals surface area contributed by atoms with Gasteiger partial charge in [-0.2, -0.15) is 0 Å². The van der Waals surface area contributed by atoms with Gasteiger partial charge in [0.15, 0.2) is 0 Å². The number of piperidine rings is 1. The van der Waals surface area contributed by atoms with Gasteiger partial charge in [-0.15, -0.1) is 0 Å². The first-order chi connectivity index (χ1) is 9.97. The number of likely N-dealkylation sites (tertiary alicyclic amines) is 1. The van der Waals surface area contributed by atoms with Crippen molar-refractivity contribution in [2.75, 3.05) is 13.1 Å². The van der Waals surface area contributed by atoms with E-state index in [1.54, 1.807) is 0 Å². The lowest BCUT2D eigenvalue weighted by molar-refractivity contribution is -0.138. The van der Waals surface area contributed by atoms with E-state index in [4.69, 9.17) is 5.11 Å². The van der Waals surface area contributed by atoms with E-state index < -0.39 is 5.97 Å². The van der Waals surface area contributed by atoms with Crippen molar-refractivity contribution in [1.29, 1.82) is 0 Å². The molecule has 1 aliphatic heterocycles. The molecule has 1 aromatic carbocycles. The van der Waals surface area contributed by atoms with Crippen LogP contribution in [-0.4, -0.2) is 35.0 Å². The number of carbonyl (C=O) groups excluding carboxylic acids is 1. The van der Waals surface area contributed by atoms with Crippen LogP contribution in [0.4, 0.5) is 0 Å². The minimum absolute atomic E-state index is 0.154.